The number of nitrogens with one attached hydrogen (secondary N) is 1. The number of carboxylic acid groups (broad SMARTS) is 1. The largest absolute Gasteiger partial charge is 0.479 e. The van der Waals surface area contributed by atoms with Gasteiger partial charge in [-0.05, 0) is 0 Å². The molecule has 0 aromatic rings. The summed E-state index contributed by atoms with van der Waals surface area (Å²) in [6.45, 7) is -1.60. The molecule has 4 heterocycles. The number of carboxylic acids is 1. The van der Waals surface area contributed by atoms with Gasteiger partial charge in [0.05, 0.1) is 19.8 Å². The van der Waals surface area contributed by atoms with Gasteiger partial charge in [0.2, 0.25) is 5.91 Å². The van der Waals surface area contributed by atoms with Gasteiger partial charge < -0.3 is 105 Å². The van der Waals surface area contributed by atoms with E-state index in [9.17, 15) is 76.0 Å². The van der Waals surface area contributed by atoms with Crippen molar-refractivity contribution in [2.75, 3.05) is 19.8 Å². The van der Waals surface area contributed by atoms with Crippen molar-refractivity contribution in [3.05, 3.63) is 0 Å². The fraction of sp³-hybridized carbons (Fsp3) is 0.923. The Morgan fingerprint density at radius 3 is 1.69 bits per heavy atom. The highest BCUT2D eigenvalue weighted by atomic mass is 16.8. The van der Waals surface area contributed by atoms with Crippen molar-refractivity contribution >= 4 is 11.9 Å². The van der Waals surface area contributed by atoms with E-state index in [1.807, 2.05) is 0 Å². The summed E-state index contributed by atoms with van der Waals surface area (Å²) < 4.78 is 38.2. The molecule has 0 radical (unpaired) electrons. The fourth-order valence-corrected chi connectivity index (χ4v) is 5.80. The number of aliphatic hydroxyl groups excluding tert-OH is 12. The van der Waals surface area contributed by atoms with E-state index in [1.54, 1.807) is 0 Å². The van der Waals surface area contributed by atoms with E-state index in [0.29, 0.717) is 0 Å². The Balaban J connectivity index is 1.67. The topological polar surface area (TPSA) is 374 Å². The number of carbonyl (C=O) groups excluding carboxylic acids is 1. The Labute approximate surface area is 276 Å². The minimum absolute atomic E-state index is 0.775. The molecule has 1 amide bonds. The highest BCUT2D eigenvalue weighted by molar-refractivity contribution is 5.74. The lowest BCUT2D eigenvalue weighted by atomic mass is 9.94. The number of aliphatic carboxylic acids is 1. The maximum atomic E-state index is 12.5. The Morgan fingerprint density at radius 2 is 1.12 bits per heavy atom. The lowest BCUT2D eigenvalue weighted by molar-refractivity contribution is -0.379. The molecule has 4 aliphatic rings. The molecular weight excluding hydrogens is 678 g/mol. The number of amides is 1. The molecule has 0 aliphatic carbocycles. The lowest BCUT2D eigenvalue weighted by Gasteiger charge is -2.49. The number of rotatable bonds is 11. The standard InChI is InChI=1S/C26H43NO22/c1-5(30)27-9-13(34)10(31)6(2-28)45-24(9)47-19-18(39)25(43-4-8-12(33)14(35)16(37)23(42)44-8)49-21(22(40)41)20(19)48-26-17(38)15(36)11(32)7(3-29)46-26/h6-21,23-26,28-29,31-39,42H,2-4H2,1H3,(H,27,30)(H,40,41)/t6-,7-,8-,9-,10-,11-,12-,13-,14+,15+,16-,17-,18-,19-,20+,21+,23?,24+,25-,26+/m1/s1. The van der Waals surface area contributed by atoms with Gasteiger partial charge in [0.25, 0.3) is 0 Å². The highest BCUT2D eigenvalue weighted by Gasteiger charge is 2.57. The zero-order chi connectivity index (χ0) is 36.5. The molecular formula is C26H43NO22. The summed E-state index contributed by atoms with van der Waals surface area (Å²) in [7, 11) is 0. The molecule has 4 fully saturated rings. The van der Waals surface area contributed by atoms with Crippen LogP contribution in [0.25, 0.3) is 0 Å². The van der Waals surface area contributed by atoms with Crippen molar-refractivity contribution in [2.24, 2.45) is 0 Å². The zero-order valence-corrected chi connectivity index (χ0v) is 25.7. The molecule has 1 unspecified atom stereocenters. The minimum Gasteiger partial charge on any atom is -0.479 e. The summed E-state index contributed by atoms with van der Waals surface area (Å²) in [6, 6.07) is -1.64. The Hall–Kier alpha value is -1.82. The van der Waals surface area contributed by atoms with Crippen LogP contribution in [0.5, 0.6) is 0 Å². The van der Waals surface area contributed by atoms with Gasteiger partial charge >= 0.3 is 5.97 Å². The van der Waals surface area contributed by atoms with Crippen LogP contribution < -0.4 is 5.32 Å². The Kier molecular flexibility index (Phi) is 13.6. The number of hydrogen-bond acceptors (Lipinski definition) is 21. The van der Waals surface area contributed by atoms with Crippen molar-refractivity contribution < 1.29 is 109 Å². The summed E-state index contributed by atoms with van der Waals surface area (Å²) in [5.74, 6) is -2.60. The van der Waals surface area contributed by atoms with Gasteiger partial charge in [-0.25, -0.2) is 4.79 Å². The van der Waals surface area contributed by atoms with Gasteiger partial charge in [0.15, 0.2) is 31.3 Å². The smallest absolute Gasteiger partial charge is 0.335 e. The van der Waals surface area contributed by atoms with Gasteiger partial charge in [-0.1, -0.05) is 0 Å². The number of aliphatic hydroxyl groups is 12. The second kappa shape index (κ2) is 16.7. The third kappa shape index (κ3) is 8.47. The van der Waals surface area contributed by atoms with E-state index in [4.69, 9.17) is 33.2 Å². The molecule has 284 valence electrons. The van der Waals surface area contributed by atoms with Gasteiger partial charge in [-0.3, -0.25) is 4.79 Å². The van der Waals surface area contributed by atoms with Crippen LogP contribution in [0.15, 0.2) is 0 Å². The number of carbonyl (C=O) groups is 2. The summed E-state index contributed by atoms with van der Waals surface area (Å²) in [4.78, 5) is 24.5. The average Bonchev–Trinajstić information content (AvgIpc) is 3.06. The van der Waals surface area contributed by atoms with Crippen LogP contribution >= 0.6 is 0 Å². The van der Waals surface area contributed by atoms with Gasteiger partial charge in [0, 0.05) is 6.92 Å². The SMILES string of the molecule is CC(=O)N[C@H]1[C@H](O[C@@H]2[C@@H](O)[C@H](OC[C@H]3OC(O)[C@H](O)[C@@H](O)[C@@H]3O)O[C@H](C(=O)O)[C@H]2O[C@@H]2O[C@H](CO)[C@@H](O)[C@H](O)[C@H]2O)O[C@H](CO)[C@@H](O)[C@@H]1O. The van der Waals surface area contributed by atoms with Crippen LogP contribution in [0.3, 0.4) is 0 Å². The van der Waals surface area contributed by atoms with Gasteiger partial charge in [0.1, 0.15) is 91.5 Å². The van der Waals surface area contributed by atoms with Crippen molar-refractivity contribution in [1.29, 1.82) is 0 Å². The van der Waals surface area contributed by atoms with Crippen molar-refractivity contribution in [3.8, 4) is 0 Å². The monoisotopic (exact) mass is 721 g/mol. The minimum atomic E-state index is -2.24. The first kappa shape index (κ1) is 40.0. The zero-order valence-electron chi connectivity index (χ0n) is 25.7. The number of hydrogen-bond donors (Lipinski definition) is 14. The van der Waals surface area contributed by atoms with E-state index < -0.39 is 154 Å². The van der Waals surface area contributed by atoms with Crippen LogP contribution in [-0.4, -0.2) is 221 Å². The first-order chi connectivity index (χ1) is 23.0. The maximum absolute atomic E-state index is 12.5. The molecule has 23 nitrogen and oxygen atoms in total. The first-order valence-electron chi connectivity index (χ1n) is 15.1. The molecule has 0 bridgehead atoms. The molecule has 0 aromatic carbocycles. The van der Waals surface area contributed by atoms with E-state index in [1.165, 1.54) is 0 Å². The van der Waals surface area contributed by atoms with E-state index >= 15 is 0 Å². The molecule has 0 saturated carbocycles. The van der Waals surface area contributed by atoms with Crippen molar-refractivity contribution in [1.82, 2.24) is 5.32 Å². The average molecular weight is 722 g/mol. The van der Waals surface area contributed by atoms with Crippen LogP contribution in [0.4, 0.5) is 0 Å². The van der Waals surface area contributed by atoms with Gasteiger partial charge in [-0.15, -0.1) is 0 Å². The molecule has 0 aromatic heterocycles. The summed E-state index contributed by atoms with van der Waals surface area (Å²) in [5, 5.41) is 135. The first-order valence-corrected chi connectivity index (χ1v) is 15.1. The van der Waals surface area contributed by atoms with Crippen LogP contribution in [0.1, 0.15) is 6.92 Å². The molecule has 49 heavy (non-hydrogen) atoms. The summed E-state index contributed by atoms with van der Waals surface area (Å²) >= 11 is 0. The predicted octanol–water partition coefficient (Wildman–Crippen LogP) is -9.51. The van der Waals surface area contributed by atoms with E-state index in [2.05, 4.69) is 5.32 Å². The van der Waals surface area contributed by atoms with Gasteiger partial charge in [-0.2, -0.15) is 0 Å². The molecule has 20 atom stereocenters. The summed E-state index contributed by atoms with van der Waals surface area (Å²) in [5.41, 5.74) is 0. The molecule has 4 aliphatic heterocycles. The van der Waals surface area contributed by atoms with Crippen molar-refractivity contribution in [2.45, 2.75) is 130 Å². The van der Waals surface area contributed by atoms with E-state index in [-0.39, 0.29) is 0 Å². The normalized spacial score (nSPS) is 49.3. The predicted molar refractivity (Wildman–Crippen MR) is 146 cm³/mol. The lowest BCUT2D eigenvalue weighted by Crippen LogP contribution is -2.69. The molecule has 4 rings (SSSR count). The Bertz CT molecular complexity index is 1100. The van der Waals surface area contributed by atoms with E-state index in [0.717, 1.165) is 6.92 Å². The third-order valence-electron chi connectivity index (χ3n) is 8.56. The number of ether oxygens (including phenoxy) is 7. The highest BCUT2D eigenvalue weighted by Crippen LogP contribution is 2.34. The van der Waals surface area contributed by atoms with Crippen LogP contribution in [0.2, 0.25) is 0 Å². The molecule has 4 saturated heterocycles. The third-order valence-corrected chi connectivity index (χ3v) is 8.56. The second-order valence-electron chi connectivity index (χ2n) is 12.0. The summed E-state index contributed by atoms with van der Waals surface area (Å²) in [6.07, 6.45) is -36.5. The van der Waals surface area contributed by atoms with Crippen molar-refractivity contribution in [3.63, 3.8) is 0 Å². The van der Waals surface area contributed by atoms with Crippen LogP contribution in [-0.2, 0) is 42.7 Å². The molecule has 0 spiro atoms. The Morgan fingerprint density at radius 1 is 0.592 bits per heavy atom. The fourth-order valence-electron chi connectivity index (χ4n) is 5.80. The quantitative estimate of drug-likeness (QED) is 0.0941. The second-order valence-corrected chi connectivity index (χ2v) is 12.0. The molecule has 23 heteroatoms. The molecule has 14 N–H and O–H groups in total. The maximum Gasteiger partial charge on any atom is 0.335 e. The van der Waals surface area contributed by atoms with Crippen LogP contribution in [0, 0.1) is 0 Å².